The number of nitrogens with one attached hydrogen (secondary N) is 2. The van der Waals surface area contributed by atoms with Gasteiger partial charge in [0.25, 0.3) is 11.8 Å². The van der Waals surface area contributed by atoms with E-state index >= 15 is 0 Å². The van der Waals surface area contributed by atoms with Gasteiger partial charge in [-0.25, -0.2) is 0 Å². The molecule has 0 radical (unpaired) electrons. The van der Waals surface area contributed by atoms with Crippen molar-refractivity contribution in [3.05, 3.63) is 95.2 Å². The summed E-state index contributed by atoms with van der Waals surface area (Å²) < 4.78 is 0. The van der Waals surface area contributed by atoms with E-state index in [2.05, 4.69) is 27.3 Å². The zero-order valence-corrected chi connectivity index (χ0v) is 19.5. The van der Waals surface area contributed by atoms with E-state index in [4.69, 9.17) is 0 Å². The molecular weight excluding hydrogens is 424 g/mol. The maximum Gasteiger partial charge on any atom is 0.272 e. The van der Waals surface area contributed by atoms with Crippen LogP contribution in [0.4, 0.5) is 11.4 Å². The molecule has 172 valence electrons. The molecule has 1 aromatic heterocycles. The summed E-state index contributed by atoms with van der Waals surface area (Å²) in [6, 6.07) is 23.6. The van der Waals surface area contributed by atoms with Crippen LogP contribution < -0.4 is 10.2 Å². The molecule has 2 heterocycles. The number of hydrogen-bond donors (Lipinski definition) is 2. The monoisotopic (exact) mass is 452 g/mol. The summed E-state index contributed by atoms with van der Waals surface area (Å²) in [6.07, 6.45) is 0. The van der Waals surface area contributed by atoms with Gasteiger partial charge in [0.15, 0.2) is 0 Å². The Hall–Kier alpha value is -4.06. The van der Waals surface area contributed by atoms with Gasteiger partial charge in [-0.3, -0.25) is 9.59 Å². The first-order chi connectivity index (χ1) is 16.5. The lowest BCUT2D eigenvalue weighted by Gasteiger charge is -2.36. The Morgan fingerprint density at radius 3 is 2.21 bits per heavy atom. The van der Waals surface area contributed by atoms with Crippen molar-refractivity contribution in [3.8, 4) is 0 Å². The third kappa shape index (κ3) is 4.27. The van der Waals surface area contributed by atoms with Gasteiger partial charge in [-0.15, -0.1) is 0 Å². The number of aryl methyl sites for hydroxylation is 2. The second kappa shape index (κ2) is 9.06. The van der Waals surface area contributed by atoms with Gasteiger partial charge < -0.3 is 20.1 Å². The average Bonchev–Trinajstić information content (AvgIpc) is 3.22. The predicted octanol–water partition coefficient (Wildman–Crippen LogP) is 5.00. The molecule has 0 unspecified atom stereocenters. The van der Waals surface area contributed by atoms with Gasteiger partial charge in [-0.2, -0.15) is 0 Å². The molecule has 1 saturated heterocycles. The summed E-state index contributed by atoms with van der Waals surface area (Å²) >= 11 is 0. The molecule has 2 amide bonds. The fraction of sp³-hybridized carbons (Fsp3) is 0.214. The number of amides is 2. The number of piperazine rings is 1. The van der Waals surface area contributed by atoms with Crippen LogP contribution in [0.2, 0.25) is 0 Å². The Balaban J connectivity index is 1.42. The van der Waals surface area contributed by atoms with Gasteiger partial charge in [0.1, 0.15) is 5.69 Å². The van der Waals surface area contributed by atoms with E-state index in [0.29, 0.717) is 30.0 Å². The van der Waals surface area contributed by atoms with Crippen molar-refractivity contribution in [1.29, 1.82) is 0 Å². The SMILES string of the molecule is Cc1ccc(C(=O)Nc2c(C(=O)N3CCN(c4ccccc4)CC3)[nH]c3ccc(C)cc23)cc1. The first-order valence-electron chi connectivity index (χ1n) is 11.6. The van der Waals surface area contributed by atoms with Gasteiger partial charge in [0, 0.05) is 48.3 Å². The minimum Gasteiger partial charge on any atom is -0.368 e. The fourth-order valence-corrected chi connectivity index (χ4v) is 4.45. The third-order valence-corrected chi connectivity index (χ3v) is 6.41. The second-order valence-corrected chi connectivity index (χ2v) is 8.86. The van der Waals surface area contributed by atoms with Crippen LogP contribution in [0, 0.1) is 13.8 Å². The van der Waals surface area contributed by atoms with Crippen LogP contribution in [-0.4, -0.2) is 47.9 Å². The third-order valence-electron chi connectivity index (χ3n) is 6.41. The number of fused-ring (bicyclic) bond motifs is 1. The van der Waals surface area contributed by atoms with Gasteiger partial charge in [-0.1, -0.05) is 47.5 Å². The first kappa shape index (κ1) is 21.8. The van der Waals surface area contributed by atoms with Crippen LogP contribution in [-0.2, 0) is 0 Å². The topological polar surface area (TPSA) is 68.4 Å². The van der Waals surface area contributed by atoms with Gasteiger partial charge >= 0.3 is 0 Å². The normalized spacial score (nSPS) is 13.8. The van der Waals surface area contributed by atoms with E-state index in [1.807, 2.05) is 67.3 Å². The number of carbonyl (C=O) groups is 2. The minimum absolute atomic E-state index is 0.0965. The molecule has 1 aliphatic rings. The molecule has 1 fully saturated rings. The Morgan fingerprint density at radius 2 is 1.50 bits per heavy atom. The summed E-state index contributed by atoms with van der Waals surface area (Å²) in [5.41, 5.74) is 5.67. The summed E-state index contributed by atoms with van der Waals surface area (Å²) in [6.45, 7) is 6.75. The summed E-state index contributed by atoms with van der Waals surface area (Å²) in [5.74, 6) is -0.328. The lowest BCUT2D eigenvalue weighted by atomic mass is 10.1. The Morgan fingerprint density at radius 1 is 0.824 bits per heavy atom. The Labute approximate surface area is 199 Å². The Kier molecular flexibility index (Phi) is 5.80. The van der Waals surface area contributed by atoms with E-state index in [1.54, 1.807) is 12.1 Å². The maximum atomic E-state index is 13.6. The van der Waals surface area contributed by atoms with Crippen LogP contribution in [0.25, 0.3) is 10.9 Å². The number of nitrogens with zero attached hydrogens (tertiary/aromatic N) is 2. The van der Waals surface area contributed by atoms with Crippen molar-refractivity contribution in [2.24, 2.45) is 0 Å². The second-order valence-electron chi connectivity index (χ2n) is 8.86. The van der Waals surface area contributed by atoms with E-state index < -0.39 is 0 Å². The quantitative estimate of drug-likeness (QED) is 0.458. The lowest BCUT2D eigenvalue weighted by Crippen LogP contribution is -2.49. The first-order valence-corrected chi connectivity index (χ1v) is 11.6. The number of rotatable bonds is 4. The molecule has 0 bridgehead atoms. The Bertz CT molecular complexity index is 1330. The molecule has 2 N–H and O–H groups in total. The van der Waals surface area contributed by atoms with E-state index in [0.717, 1.165) is 35.1 Å². The predicted molar refractivity (Wildman–Crippen MR) is 137 cm³/mol. The van der Waals surface area contributed by atoms with Crippen LogP contribution in [0.3, 0.4) is 0 Å². The number of aromatic amines is 1. The molecule has 5 rings (SSSR count). The number of anilines is 2. The van der Waals surface area contributed by atoms with Crippen LogP contribution in [0.5, 0.6) is 0 Å². The van der Waals surface area contributed by atoms with Crippen LogP contribution in [0.15, 0.2) is 72.8 Å². The molecule has 34 heavy (non-hydrogen) atoms. The zero-order chi connectivity index (χ0) is 23.7. The molecule has 6 nitrogen and oxygen atoms in total. The molecule has 1 aliphatic heterocycles. The summed E-state index contributed by atoms with van der Waals surface area (Å²) in [7, 11) is 0. The average molecular weight is 453 g/mol. The molecule has 0 atom stereocenters. The smallest absolute Gasteiger partial charge is 0.272 e. The van der Waals surface area contributed by atoms with E-state index in [9.17, 15) is 9.59 Å². The summed E-state index contributed by atoms with van der Waals surface area (Å²) in [4.78, 5) is 34.1. The van der Waals surface area contributed by atoms with Crippen molar-refractivity contribution in [2.45, 2.75) is 13.8 Å². The molecule has 3 aromatic carbocycles. The highest BCUT2D eigenvalue weighted by Gasteiger charge is 2.27. The fourth-order valence-electron chi connectivity index (χ4n) is 4.45. The van der Waals surface area contributed by atoms with Crippen molar-refractivity contribution < 1.29 is 9.59 Å². The lowest BCUT2D eigenvalue weighted by molar-refractivity contribution is 0.0743. The number of H-pyrrole nitrogens is 1. The summed E-state index contributed by atoms with van der Waals surface area (Å²) in [5, 5.41) is 3.86. The van der Waals surface area contributed by atoms with Crippen molar-refractivity contribution in [2.75, 3.05) is 36.4 Å². The number of benzene rings is 3. The van der Waals surface area contributed by atoms with Crippen molar-refractivity contribution >= 4 is 34.1 Å². The highest BCUT2D eigenvalue weighted by molar-refractivity contribution is 6.15. The molecule has 6 heteroatoms. The van der Waals surface area contributed by atoms with Crippen molar-refractivity contribution in [3.63, 3.8) is 0 Å². The highest BCUT2D eigenvalue weighted by Crippen LogP contribution is 2.31. The van der Waals surface area contributed by atoms with Gasteiger partial charge in [0.2, 0.25) is 0 Å². The molecule has 4 aromatic rings. The largest absolute Gasteiger partial charge is 0.368 e. The van der Waals surface area contributed by atoms with Gasteiger partial charge in [0.05, 0.1) is 5.69 Å². The molecule has 0 spiro atoms. The molecule has 0 saturated carbocycles. The molecular formula is C28H28N4O2. The van der Waals surface area contributed by atoms with E-state index in [1.165, 1.54) is 5.69 Å². The number of hydrogen-bond acceptors (Lipinski definition) is 3. The standard InChI is InChI=1S/C28H28N4O2/c1-19-8-11-21(12-9-19)27(33)30-25-23-18-20(2)10-13-24(23)29-26(25)28(34)32-16-14-31(15-17-32)22-6-4-3-5-7-22/h3-13,18,29H,14-17H2,1-2H3,(H,30,33). The molecule has 0 aliphatic carbocycles. The maximum absolute atomic E-state index is 13.6. The highest BCUT2D eigenvalue weighted by atomic mass is 16.2. The minimum atomic E-state index is -0.231. The van der Waals surface area contributed by atoms with E-state index in [-0.39, 0.29) is 11.8 Å². The van der Waals surface area contributed by atoms with Crippen LogP contribution in [0.1, 0.15) is 32.0 Å². The number of carbonyl (C=O) groups excluding carboxylic acids is 2. The van der Waals surface area contributed by atoms with Crippen molar-refractivity contribution in [1.82, 2.24) is 9.88 Å². The van der Waals surface area contributed by atoms with Gasteiger partial charge in [-0.05, 0) is 50.2 Å². The zero-order valence-electron chi connectivity index (χ0n) is 19.5. The number of para-hydroxylation sites is 1. The number of aromatic nitrogens is 1. The van der Waals surface area contributed by atoms with Crippen LogP contribution >= 0.6 is 0 Å².